The maximum atomic E-state index is 14.5. The lowest BCUT2D eigenvalue weighted by molar-refractivity contribution is 0.0978. The number of nitrogens with one attached hydrogen (secondary N) is 1. The molecule has 2 heterocycles. The topological polar surface area (TPSA) is 131 Å². The highest BCUT2D eigenvalue weighted by Gasteiger charge is 2.25. The summed E-state index contributed by atoms with van der Waals surface area (Å²) < 4.78 is 54.3. The van der Waals surface area contributed by atoms with Crippen molar-refractivity contribution in [2.45, 2.75) is 39.6 Å². The van der Waals surface area contributed by atoms with E-state index in [1.54, 1.807) is 12.1 Å². The van der Waals surface area contributed by atoms with Gasteiger partial charge in [0.15, 0.2) is 5.03 Å². The summed E-state index contributed by atoms with van der Waals surface area (Å²) in [5.41, 5.74) is 2.86. The van der Waals surface area contributed by atoms with Gasteiger partial charge in [-0.25, -0.2) is 19.1 Å². The fraction of sp³-hybridized carbons (Fsp3) is 0.226. The van der Waals surface area contributed by atoms with E-state index in [2.05, 4.69) is 9.97 Å². The highest BCUT2D eigenvalue weighted by Crippen LogP contribution is 2.33. The zero-order chi connectivity index (χ0) is 30.6. The number of hydrogen-bond donors (Lipinski definition) is 1. The van der Waals surface area contributed by atoms with Crippen molar-refractivity contribution in [1.29, 1.82) is 5.26 Å². The fourth-order valence-electron chi connectivity index (χ4n) is 4.19. The Hall–Kier alpha value is -4.82. The number of amides is 1. The van der Waals surface area contributed by atoms with Gasteiger partial charge in [0.25, 0.3) is 15.9 Å². The number of carbonyl (C=O) groups excluding carboxylic acids is 1. The van der Waals surface area contributed by atoms with E-state index in [9.17, 15) is 17.6 Å². The van der Waals surface area contributed by atoms with Gasteiger partial charge in [-0.2, -0.15) is 13.7 Å². The quantitative estimate of drug-likeness (QED) is 0.251. The number of sulfonamides is 1. The third kappa shape index (κ3) is 7.08. The number of aryl methyl sites for hydroxylation is 3. The maximum absolute atomic E-state index is 14.5. The molecule has 0 spiro atoms. The standard InChI is InChI=1S/C31H29FN4O5S/c1-18(2)17-40-25-14-22(13-23(32)15-25)27-10-9-26(31(35-27)41-29-20(4)11-19(3)12-21(29)5)30(37)36-42(38,39)28-8-6-7-24(16-33)34-28/h6-15,18H,17H2,1-5H3,(H,36,37). The van der Waals surface area contributed by atoms with E-state index in [4.69, 9.17) is 14.7 Å². The van der Waals surface area contributed by atoms with Crippen molar-refractivity contribution in [2.24, 2.45) is 5.92 Å². The predicted octanol–water partition coefficient (Wildman–Crippen LogP) is 6.03. The maximum Gasteiger partial charge on any atom is 0.281 e. The highest BCUT2D eigenvalue weighted by atomic mass is 32.2. The molecule has 11 heteroatoms. The van der Waals surface area contributed by atoms with Crippen molar-refractivity contribution in [3.05, 3.63) is 94.4 Å². The number of pyridine rings is 2. The van der Waals surface area contributed by atoms with E-state index < -0.39 is 26.8 Å². The van der Waals surface area contributed by atoms with E-state index in [1.165, 1.54) is 36.4 Å². The van der Waals surface area contributed by atoms with Crippen LogP contribution in [0.4, 0.5) is 4.39 Å². The summed E-state index contributed by atoms with van der Waals surface area (Å²) in [7, 11) is -4.45. The lowest BCUT2D eigenvalue weighted by atomic mass is 10.1. The van der Waals surface area contributed by atoms with Gasteiger partial charge in [0.05, 0.1) is 12.3 Å². The zero-order valence-corrected chi connectivity index (χ0v) is 24.5. The van der Waals surface area contributed by atoms with E-state index in [1.807, 2.05) is 51.5 Å². The largest absolute Gasteiger partial charge is 0.493 e. The molecule has 0 radical (unpaired) electrons. The molecule has 0 aliphatic carbocycles. The van der Waals surface area contributed by atoms with Gasteiger partial charge >= 0.3 is 0 Å². The molecule has 2 aromatic carbocycles. The molecule has 2 aromatic heterocycles. The van der Waals surface area contributed by atoms with Crippen LogP contribution in [0.15, 0.2) is 65.7 Å². The van der Waals surface area contributed by atoms with Crippen LogP contribution in [0, 0.1) is 43.8 Å². The van der Waals surface area contributed by atoms with E-state index in [0.717, 1.165) is 22.8 Å². The van der Waals surface area contributed by atoms with Crippen LogP contribution < -0.4 is 14.2 Å². The van der Waals surface area contributed by atoms with E-state index >= 15 is 0 Å². The van der Waals surface area contributed by atoms with Gasteiger partial charge in [-0.3, -0.25) is 4.79 Å². The average Bonchev–Trinajstić information content (AvgIpc) is 2.93. The Kier molecular flexibility index (Phi) is 8.87. The van der Waals surface area contributed by atoms with E-state index in [0.29, 0.717) is 23.7 Å². The summed E-state index contributed by atoms with van der Waals surface area (Å²) in [6, 6.07) is 16.4. The first-order valence-electron chi connectivity index (χ1n) is 13.0. The number of aromatic nitrogens is 2. The Bertz CT molecular complexity index is 1790. The molecule has 216 valence electrons. The summed E-state index contributed by atoms with van der Waals surface area (Å²) in [6.45, 7) is 9.94. The van der Waals surface area contributed by atoms with Crippen LogP contribution in [0.2, 0.25) is 0 Å². The molecule has 0 atom stereocenters. The molecule has 1 amide bonds. The molecule has 0 saturated carbocycles. The van der Waals surface area contributed by atoms with Crippen LogP contribution in [0.5, 0.6) is 17.4 Å². The first kappa shape index (κ1) is 30.1. The van der Waals surface area contributed by atoms with Crippen molar-refractivity contribution in [3.8, 4) is 34.7 Å². The van der Waals surface area contributed by atoms with Crippen LogP contribution in [0.25, 0.3) is 11.3 Å². The first-order chi connectivity index (χ1) is 19.9. The molecule has 1 N–H and O–H groups in total. The van der Waals surface area contributed by atoms with Crippen LogP contribution in [0.3, 0.4) is 0 Å². The van der Waals surface area contributed by atoms with Crippen molar-refractivity contribution in [2.75, 3.05) is 6.61 Å². The number of hydrogen-bond acceptors (Lipinski definition) is 8. The summed E-state index contributed by atoms with van der Waals surface area (Å²) in [4.78, 5) is 21.6. The summed E-state index contributed by atoms with van der Waals surface area (Å²) in [6.07, 6.45) is 0. The molecular weight excluding hydrogens is 559 g/mol. The Balaban J connectivity index is 1.78. The molecular formula is C31H29FN4O5S. The number of nitriles is 1. The first-order valence-corrected chi connectivity index (χ1v) is 14.5. The molecule has 0 bridgehead atoms. The molecule has 9 nitrogen and oxygen atoms in total. The van der Waals surface area contributed by atoms with Crippen LogP contribution in [-0.2, 0) is 10.0 Å². The fourth-order valence-corrected chi connectivity index (χ4v) is 5.12. The Morgan fingerprint density at radius 3 is 2.40 bits per heavy atom. The van der Waals surface area contributed by atoms with E-state index in [-0.39, 0.29) is 28.7 Å². The predicted molar refractivity (Wildman–Crippen MR) is 154 cm³/mol. The number of rotatable bonds is 9. The lowest BCUT2D eigenvalue weighted by Gasteiger charge is -2.16. The summed E-state index contributed by atoms with van der Waals surface area (Å²) in [5, 5.41) is 8.58. The number of halogens is 1. The molecule has 42 heavy (non-hydrogen) atoms. The van der Waals surface area contributed by atoms with Gasteiger partial charge in [0.2, 0.25) is 5.88 Å². The van der Waals surface area contributed by atoms with Crippen molar-refractivity contribution in [1.82, 2.24) is 14.7 Å². The molecule has 0 aliphatic rings. The number of ether oxygens (including phenoxy) is 2. The van der Waals surface area contributed by atoms with Crippen molar-refractivity contribution >= 4 is 15.9 Å². The van der Waals surface area contributed by atoms with Gasteiger partial charge in [0, 0.05) is 11.6 Å². The highest BCUT2D eigenvalue weighted by molar-refractivity contribution is 7.90. The number of benzene rings is 2. The molecule has 0 unspecified atom stereocenters. The van der Waals surface area contributed by atoms with Crippen LogP contribution in [0.1, 0.15) is 46.6 Å². The zero-order valence-electron chi connectivity index (χ0n) is 23.7. The summed E-state index contributed by atoms with van der Waals surface area (Å²) >= 11 is 0. The van der Waals surface area contributed by atoms with Gasteiger partial charge in [0.1, 0.15) is 34.6 Å². The Morgan fingerprint density at radius 2 is 1.74 bits per heavy atom. The third-order valence-electron chi connectivity index (χ3n) is 6.00. The average molecular weight is 589 g/mol. The van der Waals surface area contributed by atoms with Gasteiger partial charge in [-0.15, -0.1) is 0 Å². The third-order valence-corrected chi connectivity index (χ3v) is 7.23. The molecule has 0 aliphatic heterocycles. The van der Waals surface area contributed by atoms with Crippen molar-refractivity contribution < 1.29 is 27.1 Å². The monoisotopic (exact) mass is 588 g/mol. The smallest absolute Gasteiger partial charge is 0.281 e. The molecule has 4 aromatic rings. The van der Waals surface area contributed by atoms with Crippen molar-refractivity contribution in [3.63, 3.8) is 0 Å². The van der Waals surface area contributed by atoms with Gasteiger partial charge in [-0.1, -0.05) is 37.6 Å². The molecule has 0 saturated heterocycles. The Labute approximate surface area is 244 Å². The second-order valence-corrected chi connectivity index (χ2v) is 11.8. The van der Waals surface area contributed by atoms with Gasteiger partial charge in [-0.05, 0) is 74.2 Å². The Morgan fingerprint density at radius 1 is 1.02 bits per heavy atom. The molecule has 0 fully saturated rings. The minimum Gasteiger partial charge on any atom is -0.493 e. The molecule has 4 rings (SSSR count). The second kappa shape index (κ2) is 12.4. The van der Waals surface area contributed by atoms with Gasteiger partial charge < -0.3 is 9.47 Å². The normalized spacial score (nSPS) is 11.2. The number of carbonyl (C=O) groups is 1. The minimum absolute atomic E-state index is 0.127. The summed E-state index contributed by atoms with van der Waals surface area (Å²) in [5.74, 6) is -0.791. The number of nitrogens with zero attached hydrogens (tertiary/aromatic N) is 3. The lowest BCUT2D eigenvalue weighted by Crippen LogP contribution is -2.31. The minimum atomic E-state index is -4.45. The second-order valence-electron chi connectivity index (χ2n) is 10.2. The van der Waals surface area contributed by atoms with Crippen LogP contribution >= 0.6 is 0 Å². The van der Waals surface area contributed by atoms with Crippen LogP contribution in [-0.4, -0.2) is 30.9 Å². The SMILES string of the molecule is Cc1cc(C)c(Oc2nc(-c3cc(F)cc(OCC(C)C)c3)ccc2C(=O)NS(=O)(=O)c2cccc(C#N)n2)c(C)c1.